The highest BCUT2D eigenvalue weighted by molar-refractivity contribution is 5.37. The van der Waals surface area contributed by atoms with Gasteiger partial charge in [-0.1, -0.05) is 20.8 Å². The van der Waals surface area contributed by atoms with E-state index in [9.17, 15) is 5.11 Å². The van der Waals surface area contributed by atoms with Crippen LogP contribution >= 0.6 is 0 Å². The lowest BCUT2D eigenvalue weighted by molar-refractivity contribution is 0.0514. The van der Waals surface area contributed by atoms with Crippen LogP contribution in [0.5, 0.6) is 5.88 Å². The summed E-state index contributed by atoms with van der Waals surface area (Å²) < 4.78 is 5.44. The average Bonchev–Trinajstić information content (AvgIpc) is 2.33. The Hall–Kier alpha value is -1.36. The molecule has 0 radical (unpaired) electrons. The highest BCUT2D eigenvalue weighted by atomic mass is 16.5. The Morgan fingerprint density at radius 2 is 2.16 bits per heavy atom. The Balaban J connectivity index is 2.52. The number of nitrogens with one attached hydrogen (secondary N) is 1. The highest BCUT2D eigenvalue weighted by Gasteiger charge is 2.21. The summed E-state index contributed by atoms with van der Waals surface area (Å²) in [4.78, 5) is 8.15. The van der Waals surface area contributed by atoms with Crippen molar-refractivity contribution in [3.8, 4) is 5.88 Å². The minimum Gasteiger partial charge on any atom is -0.478 e. The molecule has 0 amide bonds. The van der Waals surface area contributed by atoms with Gasteiger partial charge < -0.3 is 15.2 Å². The predicted molar refractivity (Wildman–Crippen MR) is 76.4 cm³/mol. The lowest BCUT2D eigenvalue weighted by Crippen LogP contribution is -2.35. The number of hydrogen-bond donors (Lipinski definition) is 2. The van der Waals surface area contributed by atoms with Crippen molar-refractivity contribution < 1.29 is 9.84 Å². The van der Waals surface area contributed by atoms with Crippen LogP contribution in [0.4, 0.5) is 5.82 Å². The minimum atomic E-state index is -0.746. The zero-order valence-electron chi connectivity index (χ0n) is 12.3. The molecule has 5 nitrogen and oxygen atoms in total. The summed E-state index contributed by atoms with van der Waals surface area (Å²) in [6.45, 7) is 9.15. The van der Waals surface area contributed by atoms with E-state index in [2.05, 4.69) is 29.1 Å². The van der Waals surface area contributed by atoms with Crippen LogP contribution in [0.15, 0.2) is 12.4 Å². The number of aromatic nitrogens is 2. The molecule has 1 aromatic rings. The fourth-order valence-corrected chi connectivity index (χ4v) is 1.95. The maximum absolute atomic E-state index is 10.2. The standard InChI is InChI=1S/C14H25N3O2/c1-5-6-19-13-7-12(16-10-17-13)15-9-14(4,18)8-11(2)3/h7,10-11,18H,5-6,8-9H2,1-4H3,(H,15,16,17). The fraction of sp³-hybridized carbons (Fsp3) is 0.714. The molecule has 0 saturated carbocycles. The molecule has 0 bridgehead atoms. The van der Waals surface area contributed by atoms with Gasteiger partial charge in [-0.05, 0) is 25.7 Å². The number of hydrogen-bond acceptors (Lipinski definition) is 5. The van der Waals surface area contributed by atoms with Gasteiger partial charge in [0.1, 0.15) is 12.1 Å². The number of aliphatic hydroxyl groups is 1. The molecule has 1 rings (SSSR count). The second-order valence-electron chi connectivity index (χ2n) is 5.54. The number of anilines is 1. The van der Waals surface area contributed by atoms with Crippen molar-refractivity contribution >= 4 is 5.82 Å². The molecule has 19 heavy (non-hydrogen) atoms. The van der Waals surface area contributed by atoms with E-state index < -0.39 is 5.60 Å². The lowest BCUT2D eigenvalue weighted by atomic mass is 9.94. The van der Waals surface area contributed by atoms with Crippen molar-refractivity contribution in [1.29, 1.82) is 0 Å². The molecule has 0 aliphatic heterocycles. The van der Waals surface area contributed by atoms with E-state index in [0.717, 1.165) is 12.8 Å². The molecule has 108 valence electrons. The highest BCUT2D eigenvalue weighted by Crippen LogP contribution is 2.18. The molecule has 1 heterocycles. The maximum Gasteiger partial charge on any atom is 0.218 e. The van der Waals surface area contributed by atoms with Crippen LogP contribution in [-0.2, 0) is 0 Å². The third-order valence-corrected chi connectivity index (χ3v) is 2.59. The number of rotatable bonds is 8. The molecular formula is C14H25N3O2. The van der Waals surface area contributed by atoms with Gasteiger partial charge in [0.2, 0.25) is 5.88 Å². The van der Waals surface area contributed by atoms with Crippen LogP contribution in [0, 0.1) is 5.92 Å². The zero-order chi connectivity index (χ0) is 14.3. The van der Waals surface area contributed by atoms with Gasteiger partial charge in [-0.25, -0.2) is 9.97 Å². The lowest BCUT2D eigenvalue weighted by Gasteiger charge is -2.25. The second kappa shape index (κ2) is 7.28. The van der Waals surface area contributed by atoms with E-state index in [1.54, 1.807) is 6.07 Å². The van der Waals surface area contributed by atoms with E-state index in [1.807, 2.05) is 13.8 Å². The monoisotopic (exact) mass is 267 g/mol. The van der Waals surface area contributed by atoms with Crippen molar-refractivity contribution in [3.05, 3.63) is 12.4 Å². The smallest absolute Gasteiger partial charge is 0.218 e. The summed E-state index contributed by atoms with van der Waals surface area (Å²) in [7, 11) is 0. The van der Waals surface area contributed by atoms with Crippen molar-refractivity contribution in [3.63, 3.8) is 0 Å². The van der Waals surface area contributed by atoms with Crippen LogP contribution < -0.4 is 10.1 Å². The minimum absolute atomic E-state index is 0.450. The van der Waals surface area contributed by atoms with Crippen LogP contribution in [0.2, 0.25) is 0 Å². The molecule has 0 spiro atoms. The molecule has 0 aliphatic carbocycles. The van der Waals surface area contributed by atoms with Crippen LogP contribution in [0.1, 0.15) is 40.5 Å². The van der Waals surface area contributed by atoms with Crippen LogP contribution in [0.25, 0.3) is 0 Å². The van der Waals surface area contributed by atoms with Crippen LogP contribution in [-0.4, -0.2) is 33.8 Å². The van der Waals surface area contributed by atoms with Crippen LogP contribution in [0.3, 0.4) is 0 Å². The van der Waals surface area contributed by atoms with E-state index in [1.165, 1.54) is 6.33 Å². The second-order valence-corrected chi connectivity index (χ2v) is 5.54. The summed E-state index contributed by atoms with van der Waals surface area (Å²) in [6, 6.07) is 1.75. The third-order valence-electron chi connectivity index (χ3n) is 2.59. The summed E-state index contributed by atoms with van der Waals surface area (Å²) >= 11 is 0. The number of nitrogens with zero attached hydrogens (tertiary/aromatic N) is 2. The Kier molecular flexibility index (Phi) is 6.02. The van der Waals surface area contributed by atoms with Gasteiger partial charge in [-0.2, -0.15) is 0 Å². The van der Waals surface area contributed by atoms with Gasteiger partial charge in [0.15, 0.2) is 0 Å². The first-order valence-corrected chi connectivity index (χ1v) is 6.84. The van der Waals surface area contributed by atoms with Gasteiger partial charge in [-0.15, -0.1) is 0 Å². The van der Waals surface area contributed by atoms with Crippen molar-refractivity contribution in [2.45, 2.75) is 46.1 Å². The van der Waals surface area contributed by atoms with Gasteiger partial charge in [0, 0.05) is 12.6 Å². The zero-order valence-corrected chi connectivity index (χ0v) is 12.3. The summed E-state index contributed by atoms with van der Waals surface area (Å²) in [5.41, 5.74) is -0.746. The first-order valence-electron chi connectivity index (χ1n) is 6.84. The molecule has 5 heteroatoms. The first kappa shape index (κ1) is 15.7. The quantitative estimate of drug-likeness (QED) is 0.757. The van der Waals surface area contributed by atoms with Gasteiger partial charge in [0.05, 0.1) is 12.2 Å². The van der Waals surface area contributed by atoms with E-state index >= 15 is 0 Å². The van der Waals surface area contributed by atoms with Crippen molar-refractivity contribution in [2.75, 3.05) is 18.5 Å². The molecule has 2 N–H and O–H groups in total. The van der Waals surface area contributed by atoms with Crippen molar-refractivity contribution in [2.24, 2.45) is 5.92 Å². The summed E-state index contributed by atoms with van der Waals surface area (Å²) in [6.07, 6.45) is 3.14. The maximum atomic E-state index is 10.2. The Morgan fingerprint density at radius 1 is 1.42 bits per heavy atom. The average molecular weight is 267 g/mol. The molecule has 1 unspecified atom stereocenters. The first-order chi connectivity index (χ1) is 8.93. The van der Waals surface area contributed by atoms with Crippen molar-refractivity contribution in [1.82, 2.24) is 9.97 Å². The predicted octanol–water partition coefficient (Wildman–Crippen LogP) is 2.47. The normalized spacial score (nSPS) is 14.2. The Morgan fingerprint density at radius 3 is 2.79 bits per heavy atom. The summed E-state index contributed by atoms with van der Waals surface area (Å²) in [5, 5.41) is 13.3. The largest absolute Gasteiger partial charge is 0.478 e. The molecule has 1 aromatic heterocycles. The SMILES string of the molecule is CCCOc1cc(NCC(C)(O)CC(C)C)ncn1. The van der Waals surface area contributed by atoms with E-state index in [4.69, 9.17) is 4.74 Å². The number of ether oxygens (including phenoxy) is 1. The third kappa shape index (κ3) is 6.38. The topological polar surface area (TPSA) is 67.3 Å². The molecule has 0 saturated heterocycles. The summed E-state index contributed by atoms with van der Waals surface area (Å²) in [5.74, 6) is 1.68. The molecule has 0 aromatic carbocycles. The van der Waals surface area contributed by atoms with E-state index in [-0.39, 0.29) is 0 Å². The van der Waals surface area contributed by atoms with Gasteiger partial charge in [-0.3, -0.25) is 0 Å². The molecule has 0 aliphatic rings. The molecule has 1 atom stereocenters. The fourth-order valence-electron chi connectivity index (χ4n) is 1.95. The Labute approximate surface area is 115 Å². The van der Waals surface area contributed by atoms with Gasteiger partial charge in [0.25, 0.3) is 0 Å². The van der Waals surface area contributed by atoms with Gasteiger partial charge >= 0.3 is 0 Å². The van der Waals surface area contributed by atoms with E-state index in [0.29, 0.717) is 30.8 Å². The molecular weight excluding hydrogens is 242 g/mol. The Bertz CT molecular complexity index is 381. The molecule has 0 fully saturated rings.